The van der Waals surface area contributed by atoms with Crippen LogP contribution >= 0.6 is 0 Å². The molecule has 0 unspecified atom stereocenters. The maximum Gasteiger partial charge on any atom is 0.194 e. The van der Waals surface area contributed by atoms with Crippen molar-refractivity contribution in [2.45, 2.75) is 73.5 Å². The Morgan fingerprint density at radius 1 is 0.786 bits per heavy atom. The average Bonchev–Trinajstić information content (AvgIpc) is 2.50. The highest BCUT2D eigenvalue weighted by Crippen LogP contribution is 2.29. The molecule has 2 aromatic rings. The number of hydrogen-bond donors (Lipinski definition) is 0. The SMILES string of the molecule is Cc1cc(C#C[Si](C)(C)C)cc(C)c1C(=O)c1c(C)cc(C(C)(C)C)cc1C. The average molecular weight is 391 g/mol. The number of carbonyl (C=O) groups is 1. The molecule has 0 heterocycles. The Bertz CT molecular complexity index is 940. The van der Waals surface area contributed by atoms with Gasteiger partial charge in [0, 0.05) is 16.7 Å². The van der Waals surface area contributed by atoms with Crippen LogP contribution in [0.3, 0.4) is 0 Å². The minimum Gasteiger partial charge on any atom is -0.289 e. The molecule has 28 heavy (non-hydrogen) atoms. The third kappa shape index (κ3) is 5.03. The fourth-order valence-electron chi connectivity index (χ4n) is 3.53. The minimum absolute atomic E-state index is 0.0691. The molecule has 0 aromatic heterocycles. The van der Waals surface area contributed by atoms with E-state index in [1.807, 2.05) is 27.7 Å². The second kappa shape index (κ2) is 7.72. The van der Waals surface area contributed by atoms with E-state index in [0.29, 0.717) is 0 Å². The largest absolute Gasteiger partial charge is 0.289 e. The summed E-state index contributed by atoms with van der Waals surface area (Å²) < 4.78 is 0. The van der Waals surface area contributed by atoms with E-state index in [1.165, 1.54) is 5.56 Å². The summed E-state index contributed by atoms with van der Waals surface area (Å²) in [5.74, 6) is 3.44. The maximum atomic E-state index is 13.5. The molecule has 1 nitrogen and oxygen atoms in total. The molecule has 0 spiro atoms. The Labute approximate surface area is 172 Å². The van der Waals surface area contributed by atoms with E-state index in [4.69, 9.17) is 0 Å². The molecular formula is C26H34OSi. The molecule has 0 radical (unpaired) electrons. The Hall–Kier alpha value is -2.11. The van der Waals surface area contributed by atoms with Crippen LogP contribution in [0.5, 0.6) is 0 Å². The van der Waals surface area contributed by atoms with Crippen molar-refractivity contribution >= 4 is 13.9 Å². The second-order valence-electron chi connectivity index (χ2n) is 10.0. The summed E-state index contributed by atoms with van der Waals surface area (Å²) >= 11 is 0. The summed E-state index contributed by atoms with van der Waals surface area (Å²) in [4.78, 5) is 13.5. The Kier molecular flexibility index (Phi) is 6.12. The molecule has 0 saturated heterocycles. The van der Waals surface area contributed by atoms with Crippen molar-refractivity contribution in [2.24, 2.45) is 0 Å². The van der Waals surface area contributed by atoms with E-state index < -0.39 is 8.07 Å². The third-order valence-electron chi connectivity index (χ3n) is 4.97. The molecule has 0 bridgehead atoms. The first-order valence-electron chi connectivity index (χ1n) is 10.0. The van der Waals surface area contributed by atoms with Gasteiger partial charge in [0.15, 0.2) is 5.78 Å². The molecule has 0 aliphatic heterocycles. The normalized spacial score (nSPS) is 11.8. The maximum absolute atomic E-state index is 13.5. The lowest BCUT2D eigenvalue weighted by atomic mass is 9.82. The van der Waals surface area contributed by atoms with E-state index in [-0.39, 0.29) is 11.2 Å². The van der Waals surface area contributed by atoms with Gasteiger partial charge in [-0.25, -0.2) is 0 Å². The quantitative estimate of drug-likeness (QED) is 0.318. The zero-order chi connectivity index (χ0) is 21.4. The predicted octanol–water partition coefficient (Wildman–Crippen LogP) is 6.68. The van der Waals surface area contributed by atoms with E-state index in [9.17, 15) is 4.79 Å². The zero-order valence-electron chi connectivity index (χ0n) is 19.2. The second-order valence-corrected chi connectivity index (χ2v) is 14.8. The van der Waals surface area contributed by atoms with Crippen molar-refractivity contribution in [1.29, 1.82) is 0 Å². The van der Waals surface area contributed by atoms with Gasteiger partial charge in [0.05, 0.1) is 0 Å². The third-order valence-corrected chi connectivity index (χ3v) is 5.84. The van der Waals surface area contributed by atoms with Crippen molar-refractivity contribution in [2.75, 3.05) is 0 Å². The first kappa shape index (κ1) is 22.2. The molecule has 0 aliphatic carbocycles. The predicted molar refractivity (Wildman–Crippen MR) is 124 cm³/mol. The molecule has 2 aromatic carbocycles. The highest BCUT2D eigenvalue weighted by atomic mass is 28.3. The summed E-state index contributed by atoms with van der Waals surface area (Å²) in [7, 11) is -1.43. The van der Waals surface area contributed by atoms with Gasteiger partial charge in [0.25, 0.3) is 0 Å². The molecule has 0 N–H and O–H groups in total. The van der Waals surface area contributed by atoms with Gasteiger partial charge in [0.2, 0.25) is 0 Å². The monoisotopic (exact) mass is 390 g/mol. The van der Waals surface area contributed by atoms with E-state index in [1.54, 1.807) is 0 Å². The molecule has 0 amide bonds. The van der Waals surface area contributed by atoms with Crippen molar-refractivity contribution in [3.05, 3.63) is 68.8 Å². The van der Waals surface area contributed by atoms with E-state index in [0.717, 1.165) is 38.9 Å². The summed E-state index contributed by atoms with van der Waals surface area (Å²) in [5, 5.41) is 0. The number of ketones is 1. The lowest BCUT2D eigenvalue weighted by Gasteiger charge is -2.22. The number of rotatable bonds is 2. The topological polar surface area (TPSA) is 17.1 Å². The van der Waals surface area contributed by atoms with Gasteiger partial charge in [0.1, 0.15) is 8.07 Å². The summed E-state index contributed by atoms with van der Waals surface area (Å²) in [6.07, 6.45) is 0. The van der Waals surface area contributed by atoms with Crippen molar-refractivity contribution in [3.8, 4) is 11.5 Å². The van der Waals surface area contributed by atoms with Crippen LogP contribution in [0.4, 0.5) is 0 Å². The van der Waals surface area contributed by atoms with Crippen LogP contribution in [0.2, 0.25) is 19.6 Å². The highest BCUT2D eigenvalue weighted by molar-refractivity contribution is 6.83. The van der Waals surface area contributed by atoms with Crippen molar-refractivity contribution in [1.82, 2.24) is 0 Å². The van der Waals surface area contributed by atoms with Crippen LogP contribution in [0.15, 0.2) is 24.3 Å². The van der Waals surface area contributed by atoms with Gasteiger partial charge in [-0.3, -0.25) is 4.79 Å². The molecule has 148 valence electrons. The van der Waals surface area contributed by atoms with Crippen LogP contribution in [-0.2, 0) is 5.41 Å². The molecule has 0 fully saturated rings. The van der Waals surface area contributed by atoms with Crippen molar-refractivity contribution < 1.29 is 4.79 Å². The first-order valence-corrected chi connectivity index (χ1v) is 13.5. The van der Waals surface area contributed by atoms with Crippen LogP contribution in [0.1, 0.15) is 70.1 Å². The molecule has 2 rings (SSSR count). The number of benzene rings is 2. The van der Waals surface area contributed by atoms with Gasteiger partial charge in [-0.15, -0.1) is 5.54 Å². The van der Waals surface area contributed by atoms with Crippen LogP contribution in [0.25, 0.3) is 0 Å². The van der Waals surface area contributed by atoms with Gasteiger partial charge >= 0.3 is 0 Å². The molecule has 0 atom stereocenters. The van der Waals surface area contributed by atoms with E-state index in [2.05, 4.69) is 76.1 Å². The van der Waals surface area contributed by atoms with Crippen LogP contribution in [0, 0.1) is 39.2 Å². The Balaban J connectivity index is 2.55. The zero-order valence-corrected chi connectivity index (χ0v) is 20.2. The van der Waals surface area contributed by atoms with Gasteiger partial charge in [-0.05, 0) is 73.1 Å². The summed E-state index contributed by atoms with van der Waals surface area (Å²) in [6, 6.07) is 8.44. The Morgan fingerprint density at radius 3 is 1.54 bits per heavy atom. The summed E-state index contributed by atoms with van der Waals surface area (Å²) in [5.41, 5.74) is 11.5. The fraction of sp³-hybridized carbons (Fsp3) is 0.423. The number of carbonyl (C=O) groups excluding carboxylic acids is 1. The smallest absolute Gasteiger partial charge is 0.194 e. The van der Waals surface area contributed by atoms with Gasteiger partial charge in [-0.2, -0.15) is 0 Å². The molecule has 0 saturated carbocycles. The standard InChI is InChI=1S/C26H34OSi/c1-17-13-21(11-12-28(8,9)10)14-18(2)23(17)25(27)24-19(3)15-22(16-20(24)4)26(5,6)7/h13-16H,1-10H3. The lowest BCUT2D eigenvalue weighted by molar-refractivity contribution is 0.103. The molecule has 0 aliphatic rings. The van der Waals surface area contributed by atoms with E-state index >= 15 is 0 Å². The molecule has 2 heteroatoms. The van der Waals surface area contributed by atoms with Gasteiger partial charge in [-0.1, -0.05) is 58.5 Å². The fourth-order valence-corrected chi connectivity index (χ4v) is 4.05. The van der Waals surface area contributed by atoms with Crippen LogP contribution < -0.4 is 0 Å². The number of hydrogen-bond acceptors (Lipinski definition) is 1. The molecular weight excluding hydrogens is 356 g/mol. The lowest BCUT2D eigenvalue weighted by Crippen LogP contribution is -2.16. The summed E-state index contributed by atoms with van der Waals surface area (Å²) in [6.45, 7) is 21.5. The van der Waals surface area contributed by atoms with Gasteiger partial charge < -0.3 is 0 Å². The number of aryl methyl sites for hydroxylation is 4. The Morgan fingerprint density at radius 2 is 1.18 bits per heavy atom. The highest BCUT2D eigenvalue weighted by Gasteiger charge is 2.22. The minimum atomic E-state index is -1.43. The van der Waals surface area contributed by atoms with Crippen LogP contribution in [-0.4, -0.2) is 13.9 Å². The van der Waals surface area contributed by atoms with Crippen molar-refractivity contribution in [3.63, 3.8) is 0 Å². The first-order chi connectivity index (χ1) is 12.7.